The minimum atomic E-state index is -2.24. The van der Waals surface area contributed by atoms with Crippen LogP contribution >= 0.6 is 0 Å². The summed E-state index contributed by atoms with van der Waals surface area (Å²) in [5, 5.41) is 0. The van der Waals surface area contributed by atoms with E-state index in [0.29, 0.717) is 66.5 Å². The van der Waals surface area contributed by atoms with Gasteiger partial charge in [-0.2, -0.15) is 0 Å². The summed E-state index contributed by atoms with van der Waals surface area (Å²) >= 11 is 0. The first kappa shape index (κ1) is 60.0. The Morgan fingerprint density at radius 2 is 0.382 bits per heavy atom. The van der Waals surface area contributed by atoms with Crippen LogP contribution in [0.3, 0.4) is 0 Å². The molecule has 0 aliphatic heterocycles. The molecule has 0 radical (unpaired) electrons. The third kappa shape index (κ3) is 14.2. The van der Waals surface area contributed by atoms with Gasteiger partial charge in [-0.15, -0.1) is 0 Å². The zero-order valence-corrected chi connectivity index (χ0v) is 51.0. The second kappa shape index (κ2) is 26.2. The van der Waals surface area contributed by atoms with Gasteiger partial charge < -0.3 is 17.7 Å². The van der Waals surface area contributed by atoms with Gasteiger partial charge in [0.25, 0.3) is 33.3 Å². The van der Waals surface area contributed by atoms with E-state index >= 15 is 0 Å². The van der Waals surface area contributed by atoms with Gasteiger partial charge in [0.1, 0.15) is 23.0 Å². The van der Waals surface area contributed by atoms with Crippen LogP contribution in [0.5, 0.6) is 23.0 Å². The van der Waals surface area contributed by atoms with Crippen LogP contribution in [-0.2, 0) is 0 Å². The number of benzene rings is 2. The fourth-order valence-corrected chi connectivity index (χ4v) is 33.1. The van der Waals surface area contributed by atoms with Crippen LogP contribution in [0.15, 0.2) is 36.4 Å². The minimum absolute atomic E-state index is 0.429. The zero-order valence-electron chi connectivity index (χ0n) is 47.0. The van der Waals surface area contributed by atoms with Crippen molar-refractivity contribution in [3.8, 4) is 94.0 Å². The summed E-state index contributed by atoms with van der Waals surface area (Å²) in [5.41, 5.74) is 6.77. The Kier molecular flexibility index (Phi) is 23.1. The van der Waals surface area contributed by atoms with Crippen molar-refractivity contribution >= 4 is 33.3 Å². The minimum Gasteiger partial charge on any atom is -0.543 e. The lowest BCUT2D eigenvalue weighted by atomic mass is 10.2. The van der Waals surface area contributed by atoms with Crippen LogP contribution in [-0.4, -0.2) is 33.3 Å². The van der Waals surface area contributed by atoms with E-state index in [1.807, 2.05) is 24.3 Å². The van der Waals surface area contributed by atoms with Gasteiger partial charge in [0.15, 0.2) is 0 Å². The van der Waals surface area contributed by atoms with Crippen LogP contribution in [0.1, 0.15) is 177 Å². The van der Waals surface area contributed by atoms with Crippen molar-refractivity contribution in [2.75, 3.05) is 0 Å². The molecule has 8 heteroatoms. The Balaban J connectivity index is 2.54. The van der Waals surface area contributed by atoms with Crippen molar-refractivity contribution in [2.24, 2.45) is 0 Å². The highest BCUT2D eigenvalue weighted by Gasteiger charge is 2.50. The summed E-state index contributed by atoms with van der Waals surface area (Å²) in [6, 6.07) is 12.4. The van der Waals surface area contributed by atoms with E-state index in [1.165, 1.54) is 0 Å². The summed E-state index contributed by atoms with van der Waals surface area (Å²) in [4.78, 5) is 0. The van der Waals surface area contributed by atoms with Crippen molar-refractivity contribution in [1.82, 2.24) is 0 Å². The SMILES string of the molecule is CC(C)[Si](Oc1cc(C#CC#CC#CC#CC#CC#Cc2cc(O[Si](C(C)C)(C(C)C)C(C)C)cc(O[Si](C(C)C)(C(C)C)C(C)C)c2)cc(O[Si](C(C)C)(C(C)C)C(C)C)c1)(C(C)C)C(C)C. The van der Waals surface area contributed by atoms with Gasteiger partial charge in [-0.25, -0.2) is 0 Å². The molecule has 0 amide bonds. The van der Waals surface area contributed by atoms with E-state index in [9.17, 15) is 0 Å². The molecule has 0 aliphatic carbocycles. The topological polar surface area (TPSA) is 36.9 Å². The molecule has 0 aliphatic rings. The predicted octanol–water partition coefficient (Wildman–Crippen LogP) is 17.3. The van der Waals surface area contributed by atoms with Crippen LogP contribution < -0.4 is 17.7 Å². The first-order valence-corrected chi connectivity index (χ1v) is 34.2. The Hall–Kier alpha value is -4.13. The molecule has 0 unspecified atom stereocenters. The summed E-state index contributed by atoms with van der Waals surface area (Å²) in [6.07, 6.45) is 0. The van der Waals surface area contributed by atoms with Gasteiger partial charge in [0.05, 0.1) is 0 Å². The predicted molar refractivity (Wildman–Crippen MR) is 304 cm³/mol. The Morgan fingerprint density at radius 1 is 0.235 bits per heavy atom. The second-order valence-electron chi connectivity index (χ2n) is 22.6. The molecule has 0 bridgehead atoms. The molecule has 4 nitrogen and oxygen atoms in total. The van der Waals surface area contributed by atoms with Crippen molar-refractivity contribution in [3.05, 3.63) is 47.5 Å². The molecule has 0 heterocycles. The Bertz CT molecular complexity index is 2010. The van der Waals surface area contributed by atoms with Crippen LogP contribution in [0, 0.1) is 71.0 Å². The normalized spacial score (nSPS) is 12.1. The highest BCUT2D eigenvalue weighted by atomic mass is 28.4. The van der Waals surface area contributed by atoms with Gasteiger partial charge in [-0.3, -0.25) is 0 Å². The Morgan fingerprint density at radius 3 is 0.529 bits per heavy atom. The largest absolute Gasteiger partial charge is 0.543 e. The van der Waals surface area contributed by atoms with Crippen molar-refractivity contribution < 1.29 is 17.7 Å². The van der Waals surface area contributed by atoms with E-state index in [4.69, 9.17) is 17.7 Å². The molecule has 0 N–H and O–H groups in total. The molecule has 0 atom stereocenters. The smallest absolute Gasteiger partial charge is 0.258 e. The van der Waals surface area contributed by atoms with E-state index in [1.54, 1.807) is 0 Å². The third-order valence-corrected chi connectivity index (χ3v) is 38.8. The van der Waals surface area contributed by atoms with Crippen molar-refractivity contribution in [3.63, 3.8) is 0 Å². The summed E-state index contributed by atoms with van der Waals surface area (Å²) in [7, 11) is -8.94. The zero-order chi connectivity index (χ0) is 51.9. The molecule has 2 aromatic carbocycles. The van der Waals surface area contributed by atoms with Crippen molar-refractivity contribution in [1.29, 1.82) is 0 Å². The summed E-state index contributed by atoms with van der Waals surface area (Å²) < 4.78 is 28.7. The van der Waals surface area contributed by atoms with Crippen molar-refractivity contribution in [2.45, 2.75) is 233 Å². The molecule has 2 aromatic rings. The molecular weight excluding hydrogens is 897 g/mol. The lowest BCUT2D eigenvalue weighted by Gasteiger charge is -2.43. The van der Waals surface area contributed by atoms with Crippen LogP contribution in [0.25, 0.3) is 0 Å². The maximum absolute atomic E-state index is 7.18. The van der Waals surface area contributed by atoms with Gasteiger partial charge in [0.2, 0.25) is 0 Å². The molecule has 2 rings (SSSR count). The standard InChI is InChI=1S/C60H90O4Si4/c1-43(2)65(44(3)4,45(5)6)61-57-37-55(38-58(41-57)62-66(46(7)8,47(9)10)48(11)12)35-33-31-29-27-25-26-28-30-32-34-36-56-39-59(63-67(49(13)14,50(15)16)51(17)18)42-60(40-56)64-68(52(19)20,53(21)22)54(23)24/h37-54H,1-24H3. The molecule has 0 saturated carbocycles. The Labute approximate surface area is 422 Å². The monoisotopic (exact) mass is 987 g/mol. The van der Waals surface area contributed by atoms with Gasteiger partial charge in [-0.05, 0) is 150 Å². The van der Waals surface area contributed by atoms with E-state index < -0.39 is 33.3 Å². The maximum Gasteiger partial charge on any atom is 0.258 e. The first-order valence-electron chi connectivity index (χ1n) is 25.7. The second-order valence-corrected chi connectivity index (χ2v) is 44.1. The third-order valence-electron chi connectivity index (χ3n) is 14.7. The fourth-order valence-electron chi connectivity index (χ4n) is 12.2. The average molecular weight is 988 g/mol. The molecule has 0 fully saturated rings. The number of hydrogen-bond donors (Lipinski definition) is 0. The molecular formula is C60H90O4Si4. The van der Waals surface area contributed by atoms with E-state index in [2.05, 4.69) is 249 Å². The highest BCUT2D eigenvalue weighted by Crippen LogP contribution is 2.48. The van der Waals surface area contributed by atoms with Gasteiger partial charge in [-0.1, -0.05) is 178 Å². The molecule has 0 aromatic heterocycles. The summed E-state index contributed by atoms with van der Waals surface area (Å²) in [5.74, 6) is 38.4. The molecule has 0 saturated heterocycles. The highest BCUT2D eigenvalue weighted by molar-refractivity contribution is 6.79. The van der Waals surface area contributed by atoms with Crippen LogP contribution in [0.2, 0.25) is 66.5 Å². The average Bonchev–Trinajstić information content (AvgIpc) is 3.21. The molecule has 370 valence electrons. The number of hydrogen-bond acceptors (Lipinski definition) is 4. The summed E-state index contributed by atoms with van der Waals surface area (Å²) in [6.45, 7) is 55.4. The van der Waals surface area contributed by atoms with Gasteiger partial charge in [0, 0.05) is 23.3 Å². The first-order chi connectivity index (χ1) is 31.6. The number of rotatable bonds is 20. The van der Waals surface area contributed by atoms with Crippen LogP contribution in [0.4, 0.5) is 0 Å². The lowest BCUT2D eigenvalue weighted by Crippen LogP contribution is -2.51. The quantitative estimate of drug-likeness (QED) is 0.0979. The van der Waals surface area contributed by atoms with Gasteiger partial charge >= 0.3 is 0 Å². The maximum atomic E-state index is 7.18. The van der Waals surface area contributed by atoms with E-state index in [-0.39, 0.29) is 0 Å². The molecule has 68 heavy (non-hydrogen) atoms. The fraction of sp³-hybridized carbons (Fsp3) is 0.600. The molecule has 0 spiro atoms. The van der Waals surface area contributed by atoms with E-state index in [0.717, 1.165) is 34.1 Å². The lowest BCUT2D eigenvalue weighted by molar-refractivity contribution is 0.461.